The van der Waals surface area contributed by atoms with Crippen LogP contribution in [-0.4, -0.2) is 43.6 Å². The highest BCUT2D eigenvalue weighted by Crippen LogP contribution is 2.34. The fraction of sp³-hybridized carbons (Fsp3) is 0.333. The van der Waals surface area contributed by atoms with Gasteiger partial charge in [0.2, 0.25) is 5.91 Å². The van der Waals surface area contributed by atoms with E-state index in [1.54, 1.807) is 0 Å². The third-order valence-corrected chi connectivity index (χ3v) is 7.05. The number of anilines is 1. The molecule has 2 aromatic heterocycles. The molecule has 192 valence electrons. The summed E-state index contributed by atoms with van der Waals surface area (Å²) in [6.45, 7) is 11.4. The lowest BCUT2D eigenvalue weighted by Crippen LogP contribution is -2.40. The van der Waals surface area contributed by atoms with E-state index in [2.05, 4.69) is 73.7 Å². The van der Waals surface area contributed by atoms with Gasteiger partial charge in [-0.2, -0.15) is 5.10 Å². The summed E-state index contributed by atoms with van der Waals surface area (Å²) in [7, 11) is 0. The number of carbonyl (C=O) groups excluding carboxylic acids is 1. The van der Waals surface area contributed by atoms with Gasteiger partial charge < -0.3 is 10.6 Å². The molecule has 0 bridgehead atoms. The maximum absolute atomic E-state index is 12.1. The molecular formula is C30H36N6O. The van der Waals surface area contributed by atoms with Gasteiger partial charge in [-0.15, -0.1) is 0 Å². The predicted molar refractivity (Wildman–Crippen MR) is 150 cm³/mol. The van der Waals surface area contributed by atoms with Gasteiger partial charge in [-0.05, 0) is 43.7 Å². The molecule has 7 heteroatoms. The molecule has 2 unspecified atom stereocenters. The quantitative estimate of drug-likeness (QED) is 0.346. The minimum absolute atomic E-state index is 0.0348. The summed E-state index contributed by atoms with van der Waals surface area (Å²) >= 11 is 0. The number of hydrogen-bond acceptors (Lipinski definition) is 5. The van der Waals surface area contributed by atoms with Gasteiger partial charge in [0, 0.05) is 18.7 Å². The van der Waals surface area contributed by atoms with Crippen molar-refractivity contribution in [1.29, 1.82) is 0 Å². The minimum atomic E-state index is -0.0499. The third kappa shape index (κ3) is 5.88. The molecule has 5 rings (SSSR count). The zero-order chi connectivity index (χ0) is 26.4. The van der Waals surface area contributed by atoms with E-state index in [1.165, 1.54) is 23.5 Å². The number of hydrogen-bond donors (Lipinski definition) is 1. The van der Waals surface area contributed by atoms with Crippen molar-refractivity contribution in [2.75, 3.05) is 18.8 Å². The molecule has 0 saturated carbocycles. The van der Waals surface area contributed by atoms with Crippen LogP contribution in [0.25, 0.3) is 22.3 Å². The van der Waals surface area contributed by atoms with Gasteiger partial charge in [-0.25, -0.2) is 14.6 Å². The highest BCUT2D eigenvalue weighted by atomic mass is 16.2. The number of benzene rings is 2. The molecule has 1 saturated heterocycles. The van der Waals surface area contributed by atoms with Crippen LogP contribution >= 0.6 is 0 Å². The van der Waals surface area contributed by atoms with Crippen LogP contribution in [0.5, 0.6) is 0 Å². The highest BCUT2D eigenvalue weighted by Gasteiger charge is 2.28. The van der Waals surface area contributed by atoms with Gasteiger partial charge in [0.25, 0.3) is 0 Å². The summed E-state index contributed by atoms with van der Waals surface area (Å²) in [6.07, 6.45) is 5.77. The van der Waals surface area contributed by atoms with Crippen molar-refractivity contribution in [3.8, 4) is 11.3 Å². The number of fused-ring (bicyclic) bond motifs is 1. The lowest BCUT2D eigenvalue weighted by Gasteiger charge is -2.32. The molecular weight excluding hydrogens is 460 g/mol. The lowest BCUT2D eigenvalue weighted by molar-refractivity contribution is -0.127. The van der Waals surface area contributed by atoms with Gasteiger partial charge in [-0.1, -0.05) is 80.6 Å². The molecule has 1 aliphatic rings. The van der Waals surface area contributed by atoms with E-state index in [1.807, 2.05) is 27.8 Å². The highest BCUT2D eigenvalue weighted by molar-refractivity contribution is 5.98. The number of carbonyl (C=O) groups is 1. The maximum atomic E-state index is 12.1. The molecule has 2 atom stereocenters. The number of nitrogens with zero attached hydrogens (tertiary/aromatic N) is 5. The predicted octanol–water partition coefficient (Wildman–Crippen LogP) is 5.93. The van der Waals surface area contributed by atoms with Crippen LogP contribution < -0.4 is 5.73 Å². The average Bonchev–Trinajstić information content (AvgIpc) is 3.34. The Morgan fingerprint density at radius 2 is 1.89 bits per heavy atom. The van der Waals surface area contributed by atoms with Crippen molar-refractivity contribution in [1.82, 2.24) is 24.6 Å². The topological polar surface area (TPSA) is 89.9 Å². The second-order valence-corrected chi connectivity index (χ2v) is 9.62. The van der Waals surface area contributed by atoms with E-state index in [-0.39, 0.29) is 11.9 Å². The van der Waals surface area contributed by atoms with Crippen molar-refractivity contribution < 1.29 is 4.79 Å². The van der Waals surface area contributed by atoms with Crippen LogP contribution in [0.1, 0.15) is 56.2 Å². The normalized spacial score (nSPS) is 16.1. The molecule has 1 fully saturated rings. The first-order chi connectivity index (χ1) is 17.9. The standard InChI is InChI=1S/C23H28N6O.C7H8/c1-4-15(3)16-8-10-17(11-9-16)21-20-22(24)25-14-26-23(20)29(27-21)18-7-6-12-28(13-18)19(30)5-2;1-7-5-3-2-4-6-7/h5,8-11,14-15,18H,2,4,6-7,12-13H2,1,3H3,(H2,24,25,26);2-6H,1H3. The Balaban J connectivity index is 0.000000396. The first-order valence-corrected chi connectivity index (χ1v) is 12.9. The third-order valence-electron chi connectivity index (χ3n) is 7.05. The van der Waals surface area contributed by atoms with Crippen LogP contribution in [0.2, 0.25) is 0 Å². The van der Waals surface area contributed by atoms with Crippen LogP contribution in [0, 0.1) is 6.92 Å². The number of nitrogens with two attached hydrogens (primary N) is 1. The minimum Gasteiger partial charge on any atom is -0.383 e. The number of likely N-dealkylation sites (tertiary alicyclic amines) is 1. The van der Waals surface area contributed by atoms with E-state index in [0.717, 1.165) is 42.5 Å². The van der Waals surface area contributed by atoms with Crippen molar-refractivity contribution in [3.63, 3.8) is 0 Å². The van der Waals surface area contributed by atoms with Crippen LogP contribution in [0.15, 0.2) is 73.6 Å². The first-order valence-electron chi connectivity index (χ1n) is 12.9. The van der Waals surface area contributed by atoms with Gasteiger partial charge in [0.1, 0.15) is 17.8 Å². The molecule has 2 N–H and O–H groups in total. The zero-order valence-corrected chi connectivity index (χ0v) is 22.0. The molecule has 37 heavy (non-hydrogen) atoms. The summed E-state index contributed by atoms with van der Waals surface area (Å²) in [5, 5.41) is 5.69. The Hall–Kier alpha value is -4.00. The molecule has 1 amide bonds. The molecule has 0 spiro atoms. The Labute approximate surface area is 219 Å². The fourth-order valence-electron chi connectivity index (χ4n) is 4.68. The number of aromatic nitrogens is 4. The van der Waals surface area contributed by atoms with Crippen molar-refractivity contribution in [2.45, 2.75) is 52.0 Å². The zero-order valence-electron chi connectivity index (χ0n) is 22.0. The van der Waals surface area contributed by atoms with Gasteiger partial charge in [0.05, 0.1) is 11.4 Å². The molecule has 1 aliphatic heterocycles. The molecule has 2 aromatic carbocycles. The van der Waals surface area contributed by atoms with E-state index < -0.39 is 0 Å². The first kappa shape index (κ1) is 26.1. The molecule has 0 aliphatic carbocycles. The van der Waals surface area contributed by atoms with Crippen molar-refractivity contribution >= 4 is 22.8 Å². The monoisotopic (exact) mass is 496 g/mol. The second kappa shape index (κ2) is 11.8. The average molecular weight is 497 g/mol. The molecule has 7 nitrogen and oxygen atoms in total. The summed E-state index contributed by atoms with van der Waals surface area (Å²) < 4.78 is 1.92. The van der Waals surface area contributed by atoms with E-state index >= 15 is 0 Å². The van der Waals surface area contributed by atoms with Crippen LogP contribution in [0.4, 0.5) is 5.82 Å². The smallest absolute Gasteiger partial charge is 0.246 e. The van der Waals surface area contributed by atoms with E-state index in [9.17, 15) is 4.79 Å². The van der Waals surface area contributed by atoms with Crippen LogP contribution in [0.3, 0.4) is 0 Å². The van der Waals surface area contributed by atoms with Gasteiger partial charge in [-0.3, -0.25) is 4.79 Å². The number of amides is 1. The summed E-state index contributed by atoms with van der Waals surface area (Å²) in [5.41, 5.74) is 11.4. The summed E-state index contributed by atoms with van der Waals surface area (Å²) in [6, 6.07) is 18.8. The van der Waals surface area contributed by atoms with Crippen molar-refractivity contribution in [3.05, 3.63) is 84.7 Å². The molecule has 4 aromatic rings. The SMILES string of the molecule is C=CC(=O)N1CCCC(n2nc(-c3ccc(C(C)CC)cc3)c3c(N)ncnc32)C1.Cc1ccccc1. The van der Waals surface area contributed by atoms with Gasteiger partial charge in [0.15, 0.2) is 5.65 Å². The van der Waals surface area contributed by atoms with Crippen molar-refractivity contribution in [2.24, 2.45) is 0 Å². The van der Waals surface area contributed by atoms with Gasteiger partial charge >= 0.3 is 0 Å². The number of aryl methyl sites for hydroxylation is 1. The summed E-state index contributed by atoms with van der Waals surface area (Å²) in [4.78, 5) is 22.7. The Bertz CT molecular complexity index is 1350. The molecule has 3 heterocycles. The van der Waals surface area contributed by atoms with E-state index in [0.29, 0.717) is 23.9 Å². The number of nitrogen functional groups attached to an aromatic ring is 1. The largest absolute Gasteiger partial charge is 0.383 e. The Morgan fingerprint density at radius 3 is 2.51 bits per heavy atom. The summed E-state index contributed by atoms with van der Waals surface area (Å²) in [5.74, 6) is 0.880. The fourth-order valence-corrected chi connectivity index (χ4v) is 4.68. The molecule has 0 radical (unpaired) electrons. The number of piperidine rings is 1. The van der Waals surface area contributed by atoms with E-state index in [4.69, 9.17) is 10.8 Å². The maximum Gasteiger partial charge on any atom is 0.246 e. The number of rotatable bonds is 5. The Kier molecular flexibility index (Phi) is 8.33. The van der Waals surface area contributed by atoms with Crippen LogP contribution in [-0.2, 0) is 4.79 Å². The Morgan fingerprint density at radius 1 is 1.16 bits per heavy atom. The second-order valence-electron chi connectivity index (χ2n) is 9.62. The lowest BCUT2D eigenvalue weighted by atomic mass is 9.97.